The summed E-state index contributed by atoms with van der Waals surface area (Å²) in [6.45, 7) is 0.559. The second-order valence-electron chi connectivity index (χ2n) is 5.08. The van der Waals surface area contributed by atoms with Gasteiger partial charge in [-0.2, -0.15) is 0 Å². The van der Waals surface area contributed by atoms with Crippen LogP contribution in [-0.4, -0.2) is 6.04 Å². The van der Waals surface area contributed by atoms with E-state index in [1.165, 1.54) is 18.2 Å². The minimum atomic E-state index is -0.299. The van der Waals surface area contributed by atoms with Gasteiger partial charge in [0.25, 0.3) is 0 Å². The van der Waals surface area contributed by atoms with Gasteiger partial charge in [0.15, 0.2) is 0 Å². The monoisotopic (exact) mass is 337 g/mol. The van der Waals surface area contributed by atoms with Crippen LogP contribution in [0.15, 0.2) is 40.9 Å². The molecule has 1 N–H and O–H groups in total. The highest BCUT2D eigenvalue weighted by molar-refractivity contribution is 9.10. The summed E-state index contributed by atoms with van der Waals surface area (Å²) in [5.41, 5.74) is 2.01. The molecule has 0 bridgehead atoms. The highest BCUT2D eigenvalue weighted by Gasteiger charge is 2.21. The molecule has 1 fully saturated rings. The molecule has 0 saturated heterocycles. The smallest absolute Gasteiger partial charge is 0.131 e. The molecule has 0 heterocycles. The van der Waals surface area contributed by atoms with Gasteiger partial charge in [-0.25, -0.2) is 8.78 Å². The summed E-state index contributed by atoms with van der Waals surface area (Å²) in [6.07, 6.45) is 2.33. The van der Waals surface area contributed by atoms with E-state index in [1.54, 1.807) is 18.2 Å². The molecule has 2 aromatic rings. The normalized spacial score (nSPS) is 14.6. The van der Waals surface area contributed by atoms with Gasteiger partial charge in [0.05, 0.1) is 0 Å². The first-order chi connectivity index (χ1) is 9.63. The Morgan fingerprint density at radius 3 is 2.60 bits per heavy atom. The van der Waals surface area contributed by atoms with Crippen LogP contribution >= 0.6 is 15.9 Å². The van der Waals surface area contributed by atoms with Gasteiger partial charge in [0.2, 0.25) is 0 Å². The zero-order valence-electron chi connectivity index (χ0n) is 10.8. The van der Waals surface area contributed by atoms with Gasteiger partial charge in [0.1, 0.15) is 11.6 Å². The van der Waals surface area contributed by atoms with Crippen LogP contribution in [0.4, 0.5) is 8.78 Å². The standard InChI is InChI=1S/C16H14BrF2N/c17-11-1-6-16(19)15(8-11)14-5-2-12(18)7-10(14)9-20-13-3-4-13/h1-2,5-8,13,20H,3-4,9H2. The molecule has 0 radical (unpaired) electrons. The van der Waals surface area contributed by atoms with Crippen molar-refractivity contribution in [1.29, 1.82) is 0 Å². The number of benzene rings is 2. The minimum Gasteiger partial charge on any atom is -0.310 e. The molecule has 0 aliphatic heterocycles. The van der Waals surface area contributed by atoms with Crippen molar-refractivity contribution in [3.8, 4) is 11.1 Å². The van der Waals surface area contributed by atoms with Crippen LogP contribution < -0.4 is 5.32 Å². The highest BCUT2D eigenvalue weighted by atomic mass is 79.9. The van der Waals surface area contributed by atoms with Gasteiger partial charge >= 0.3 is 0 Å². The molecule has 0 atom stereocenters. The van der Waals surface area contributed by atoms with E-state index in [0.29, 0.717) is 18.2 Å². The van der Waals surface area contributed by atoms with E-state index in [9.17, 15) is 8.78 Å². The fraction of sp³-hybridized carbons (Fsp3) is 0.250. The Labute approximate surface area is 125 Å². The maximum atomic E-state index is 14.0. The summed E-state index contributed by atoms with van der Waals surface area (Å²) in [7, 11) is 0. The van der Waals surface area contributed by atoms with Crippen molar-refractivity contribution in [2.75, 3.05) is 0 Å². The van der Waals surface area contributed by atoms with Crippen molar-refractivity contribution < 1.29 is 8.78 Å². The number of rotatable bonds is 4. The third-order valence-corrected chi connectivity index (χ3v) is 3.94. The molecule has 20 heavy (non-hydrogen) atoms. The van der Waals surface area contributed by atoms with Crippen LogP contribution in [0.1, 0.15) is 18.4 Å². The lowest BCUT2D eigenvalue weighted by atomic mass is 9.99. The lowest BCUT2D eigenvalue weighted by Crippen LogP contribution is -2.16. The van der Waals surface area contributed by atoms with Gasteiger partial charge in [-0.1, -0.05) is 22.0 Å². The third-order valence-electron chi connectivity index (χ3n) is 3.44. The topological polar surface area (TPSA) is 12.0 Å². The first-order valence-corrected chi connectivity index (χ1v) is 7.40. The number of hydrogen-bond acceptors (Lipinski definition) is 1. The maximum absolute atomic E-state index is 14.0. The molecule has 1 nitrogen and oxygen atoms in total. The Morgan fingerprint density at radius 1 is 1.05 bits per heavy atom. The Morgan fingerprint density at radius 2 is 1.85 bits per heavy atom. The Bertz CT molecular complexity index is 638. The molecule has 0 aromatic heterocycles. The molecule has 104 valence electrons. The fourth-order valence-corrected chi connectivity index (χ4v) is 2.58. The number of halogens is 3. The molecule has 1 saturated carbocycles. The van der Waals surface area contributed by atoms with Crippen molar-refractivity contribution >= 4 is 15.9 Å². The van der Waals surface area contributed by atoms with E-state index in [0.717, 1.165) is 28.4 Å². The summed E-state index contributed by atoms with van der Waals surface area (Å²) in [5, 5.41) is 3.34. The third kappa shape index (κ3) is 3.07. The Balaban J connectivity index is 1.99. The molecular formula is C16H14BrF2N. The van der Waals surface area contributed by atoms with E-state index >= 15 is 0 Å². The van der Waals surface area contributed by atoms with Gasteiger partial charge in [0, 0.05) is 22.6 Å². The average molecular weight is 338 g/mol. The van der Waals surface area contributed by atoms with Crippen molar-refractivity contribution in [2.45, 2.75) is 25.4 Å². The SMILES string of the molecule is Fc1ccc(-c2cc(Br)ccc2F)c(CNC2CC2)c1. The van der Waals surface area contributed by atoms with Crippen LogP contribution in [0.3, 0.4) is 0 Å². The van der Waals surface area contributed by atoms with Crippen LogP contribution in [0.2, 0.25) is 0 Å². The second kappa shape index (κ2) is 5.62. The zero-order valence-corrected chi connectivity index (χ0v) is 12.4. The molecule has 0 amide bonds. The zero-order chi connectivity index (χ0) is 14.1. The predicted molar refractivity (Wildman–Crippen MR) is 79.4 cm³/mol. The molecule has 4 heteroatoms. The van der Waals surface area contributed by atoms with Gasteiger partial charge < -0.3 is 5.32 Å². The van der Waals surface area contributed by atoms with Crippen molar-refractivity contribution in [1.82, 2.24) is 5.32 Å². The quantitative estimate of drug-likeness (QED) is 0.856. The van der Waals surface area contributed by atoms with Gasteiger partial charge in [-0.3, -0.25) is 0 Å². The van der Waals surface area contributed by atoms with Crippen LogP contribution in [0.5, 0.6) is 0 Å². The molecular weight excluding hydrogens is 324 g/mol. The van der Waals surface area contributed by atoms with E-state index in [4.69, 9.17) is 0 Å². The minimum absolute atomic E-state index is 0.295. The van der Waals surface area contributed by atoms with E-state index in [2.05, 4.69) is 21.2 Å². The highest BCUT2D eigenvalue weighted by Crippen LogP contribution is 2.30. The Hall–Kier alpha value is -1.26. The summed E-state index contributed by atoms with van der Waals surface area (Å²) in [5.74, 6) is -0.593. The summed E-state index contributed by atoms with van der Waals surface area (Å²) < 4.78 is 28.3. The molecule has 3 rings (SSSR count). The maximum Gasteiger partial charge on any atom is 0.131 e. The fourth-order valence-electron chi connectivity index (χ4n) is 2.22. The summed E-state index contributed by atoms with van der Waals surface area (Å²) >= 11 is 3.35. The first kappa shape index (κ1) is 13.7. The molecule has 2 aromatic carbocycles. The lowest BCUT2D eigenvalue weighted by Gasteiger charge is -2.12. The summed E-state index contributed by atoms with van der Waals surface area (Å²) in [6, 6.07) is 9.82. The first-order valence-electron chi connectivity index (χ1n) is 6.61. The second-order valence-corrected chi connectivity index (χ2v) is 6.00. The molecule has 1 aliphatic carbocycles. The summed E-state index contributed by atoms with van der Waals surface area (Å²) in [4.78, 5) is 0. The van der Waals surface area contributed by atoms with Crippen molar-refractivity contribution in [2.24, 2.45) is 0 Å². The molecule has 0 spiro atoms. The number of hydrogen-bond donors (Lipinski definition) is 1. The average Bonchev–Trinajstić information content (AvgIpc) is 3.24. The number of nitrogens with one attached hydrogen (secondary N) is 1. The van der Waals surface area contributed by atoms with Crippen LogP contribution in [0, 0.1) is 11.6 Å². The van der Waals surface area contributed by atoms with Crippen molar-refractivity contribution in [3.05, 3.63) is 58.1 Å². The van der Waals surface area contributed by atoms with Crippen LogP contribution in [-0.2, 0) is 6.54 Å². The largest absolute Gasteiger partial charge is 0.310 e. The lowest BCUT2D eigenvalue weighted by molar-refractivity contribution is 0.617. The van der Waals surface area contributed by atoms with Crippen LogP contribution in [0.25, 0.3) is 11.1 Å². The predicted octanol–water partition coefficient (Wildman–Crippen LogP) is 4.65. The van der Waals surface area contributed by atoms with Crippen molar-refractivity contribution in [3.63, 3.8) is 0 Å². The van der Waals surface area contributed by atoms with E-state index in [1.807, 2.05) is 0 Å². The van der Waals surface area contributed by atoms with Gasteiger partial charge in [-0.15, -0.1) is 0 Å². The van der Waals surface area contributed by atoms with Gasteiger partial charge in [-0.05, 0) is 54.3 Å². The molecule has 0 unspecified atom stereocenters. The Kier molecular flexibility index (Phi) is 3.85. The van der Waals surface area contributed by atoms with E-state index in [-0.39, 0.29) is 11.6 Å². The molecule has 1 aliphatic rings. The van der Waals surface area contributed by atoms with E-state index < -0.39 is 0 Å².